The van der Waals surface area contributed by atoms with Crippen LogP contribution in [-0.4, -0.2) is 29.0 Å². The first-order valence-electron chi connectivity index (χ1n) is 5.73. The zero-order chi connectivity index (χ0) is 12.7. The maximum absolute atomic E-state index is 10.6. The van der Waals surface area contributed by atoms with Gasteiger partial charge in [-0.25, -0.2) is 9.97 Å². The second-order valence-corrected chi connectivity index (χ2v) is 3.76. The van der Waals surface area contributed by atoms with Crippen LogP contribution in [0.4, 0.5) is 11.6 Å². The molecular formula is C11H19N5O. The number of hydrogen-bond donors (Lipinski definition) is 3. The second-order valence-electron chi connectivity index (χ2n) is 3.76. The lowest BCUT2D eigenvalue weighted by Gasteiger charge is -2.08. The van der Waals surface area contributed by atoms with Gasteiger partial charge in [0.1, 0.15) is 17.5 Å². The number of nitrogens with one attached hydrogen (secondary N) is 2. The molecule has 0 fully saturated rings. The molecule has 0 bridgehead atoms. The van der Waals surface area contributed by atoms with E-state index in [4.69, 9.17) is 5.73 Å². The first-order chi connectivity index (χ1) is 8.11. The number of carbonyl (C=O) groups is 1. The number of nitrogens with two attached hydrogens (primary N) is 1. The lowest BCUT2D eigenvalue weighted by atomic mass is 10.4. The van der Waals surface area contributed by atoms with E-state index in [2.05, 4.69) is 27.5 Å². The second kappa shape index (κ2) is 6.67. The summed E-state index contributed by atoms with van der Waals surface area (Å²) < 4.78 is 0. The highest BCUT2D eigenvalue weighted by molar-refractivity contribution is 5.74. The minimum atomic E-state index is -0.326. The van der Waals surface area contributed by atoms with Crippen molar-refractivity contribution >= 4 is 17.5 Å². The highest BCUT2D eigenvalue weighted by Crippen LogP contribution is 2.10. The summed E-state index contributed by atoms with van der Waals surface area (Å²) in [5, 5.41) is 6.23. The van der Waals surface area contributed by atoms with Gasteiger partial charge in [0.15, 0.2) is 0 Å². The third-order valence-electron chi connectivity index (χ3n) is 2.07. The van der Waals surface area contributed by atoms with Crippen LogP contribution in [0.5, 0.6) is 0 Å². The molecule has 6 nitrogen and oxygen atoms in total. The smallest absolute Gasteiger partial charge is 0.219 e. The fourth-order valence-electron chi connectivity index (χ4n) is 1.32. The summed E-state index contributed by atoms with van der Waals surface area (Å²) in [7, 11) is 0. The Labute approximate surface area is 101 Å². The molecule has 4 N–H and O–H groups in total. The molecule has 0 saturated heterocycles. The van der Waals surface area contributed by atoms with Crippen LogP contribution in [0.15, 0.2) is 6.07 Å². The summed E-state index contributed by atoms with van der Waals surface area (Å²) >= 11 is 0. The van der Waals surface area contributed by atoms with Gasteiger partial charge in [-0.2, -0.15) is 0 Å². The Hall–Kier alpha value is -1.85. The molecule has 1 amide bonds. The number of aromatic nitrogens is 2. The van der Waals surface area contributed by atoms with E-state index in [1.54, 1.807) is 0 Å². The molecule has 0 aliphatic heterocycles. The number of carbonyl (C=O) groups excluding carboxylic acids is 1. The average molecular weight is 237 g/mol. The molecule has 0 saturated carbocycles. The quantitative estimate of drug-likeness (QED) is 0.655. The van der Waals surface area contributed by atoms with Gasteiger partial charge in [-0.3, -0.25) is 4.79 Å². The van der Waals surface area contributed by atoms with Gasteiger partial charge >= 0.3 is 0 Å². The fourth-order valence-corrected chi connectivity index (χ4v) is 1.32. The zero-order valence-electron chi connectivity index (χ0n) is 10.3. The molecule has 6 heteroatoms. The summed E-state index contributed by atoms with van der Waals surface area (Å²) in [6.45, 7) is 5.28. The topological polar surface area (TPSA) is 92.9 Å². The number of anilines is 2. The predicted molar refractivity (Wildman–Crippen MR) is 67.9 cm³/mol. The van der Waals surface area contributed by atoms with Gasteiger partial charge in [0, 0.05) is 25.6 Å². The summed E-state index contributed by atoms with van der Waals surface area (Å²) in [4.78, 5) is 19.1. The lowest BCUT2D eigenvalue weighted by Crippen LogP contribution is -2.16. The first-order valence-corrected chi connectivity index (χ1v) is 5.73. The van der Waals surface area contributed by atoms with Crippen molar-refractivity contribution in [3.63, 3.8) is 0 Å². The Balaban J connectivity index is 2.58. The Bertz CT molecular complexity index is 380. The molecular weight excluding hydrogens is 218 g/mol. The molecule has 17 heavy (non-hydrogen) atoms. The Kier molecular flexibility index (Phi) is 5.19. The molecule has 0 unspecified atom stereocenters. The fraction of sp³-hybridized carbons (Fsp3) is 0.545. The van der Waals surface area contributed by atoms with Crippen molar-refractivity contribution in [3.05, 3.63) is 11.9 Å². The van der Waals surface area contributed by atoms with Crippen LogP contribution in [0.25, 0.3) is 0 Å². The Morgan fingerprint density at radius 2 is 1.88 bits per heavy atom. The third-order valence-corrected chi connectivity index (χ3v) is 2.07. The number of primary amides is 1. The van der Waals surface area contributed by atoms with Crippen LogP contribution in [0.1, 0.15) is 25.6 Å². The van der Waals surface area contributed by atoms with Crippen molar-refractivity contribution in [3.8, 4) is 0 Å². The zero-order valence-corrected chi connectivity index (χ0v) is 10.3. The summed E-state index contributed by atoms with van der Waals surface area (Å²) in [5.41, 5.74) is 5.06. The molecule has 1 rings (SSSR count). The number of hydrogen-bond acceptors (Lipinski definition) is 5. The highest BCUT2D eigenvalue weighted by Gasteiger charge is 2.01. The maximum Gasteiger partial charge on any atom is 0.219 e. The summed E-state index contributed by atoms with van der Waals surface area (Å²) in [5.74, 6) is 1.86. The SMILES string of the molecule is CCCNc1cc(NCCC(N)=O)nc(C)n1. The molecule has 0 spiro atoms. The maximum atomic E-state index is 10.6. The Morgan fingerprint density at radius 3 is 2.41 bits per heavy atom. The summed E-state index contributed by atoms with van der Waals surface area (Å²) in [6.07, 6.45) is 1.33. The molecule has 0 aliphatic carbocycles. The van der Waals surface area contributed by atoms with Crippen molar-refractivity contribution in [1.82, 2.24) is 9.97 Å². The molecule has 0 aromatic carbocycles. The van der Waals surface area contributed by atoms with Crippen molar-refractivity contribution in [2.75, 3.05) is 23.7 Å². The van der Waals surface area contributed by atoms with E-state index < -0.39 is 0 Å². The Morgan fingerprint density at radius 1 is 1.29 bits per heavy atom. The third kappa shape index (κ3) is 5.14. The normalized spacial score (nSPS) is 10.0. The minimum absolute atomic E-state index is 0.292. The van der Waals surface area contributed by atoms with E-state index in [-0.39, 0.29) is 5.91 Å². The van der Waals surface area contributed by atoms with Crippen molar-refractivity contribution in [2.24, 2.45) is 5.73 Å². The number of rotatable bonds is 7. The van der Waals surface area contributed by atoms with Crippen LogP contribution >= 0.6 is 0 Å². The highest BCUT2D eigenvalue weighted by atomic mass is 16.1. The van der Waals surface area contributed by atoms with E-state index in [1.807, 2.05) is 13.0 Å². The van der Waals surface area contributed by atoms with Gasteiger partial charge in [0.05, 0.1) is 0 Å². The number of nitrogens with zero attached hydrogens (tertiary/aromatic N) is 2. The van der Waals surface area contributed by atoms with Gasteiger partial charge in [-0.05, 0) is 13.3 Å². The van der Waals surface area contributed by atoms with Crippen molar-refractivity contribution in [2.45, 2.75) is 26.7 Å². The monoisotopic (exact) mass is 237 g/mol. The lowest BCUT2D eigenvalue weighted by molar-refractivity contribution is -0.117. The molecule has 94 valence electrons. The van der Waals surface area contributed by atoms with Crippen LogP contribution in [-0.2, 0) is 4.79 Å². The van der Waals surface area contributed by atoms with Gasteiger partial charge in [-0.15, -0.1) is 0 Å². The minimum Gasteiger partial charge on any atom is -0.370 e. The van der Waals surface area contributed by atoms with Crippen LogP contribution < -0.4 is 16.4 Å². The average Bonchev–Trinajstić information content (AvgIpc) is 2.25. The van der Waals surface area contributed by atoms with E-state index >= 15 is 0 Å². The van der Waals surface area contributed by atoms with Gasteiger partial charge in [0.25, 0.3) is 0 Å². The molecule has 0 radical (unpaired) electrons. The van der Waals surface area contributed by atoms with Gasteiger partial charge < -0.3 is 16.4 Å². The summed E-state index contributed by atoms with van der Waals surface area (Å²) in [6, 6.07) is 1.82. The van der Waals surface area contributed by atoms with Crippen LogP contribution in [0, 0.1) is 6.92 Å². The largest absolute Gasteiger partial charge is 0.370 e. The van der Waals surface area contributed by atoms with Gasteiger partial charge in [-0.1, -0.05) is 6.92 Å². The first kappa shape index (κ1) is 13.2. The van der Waals surface area contributed by atoms with Crippen LogP contribution in [0.2, 0.25) is 0 Å². The van der Waals surface area contributed by atoms with Crippen LogP contribution in [0.3, 0.4) is 0 Å². The van der Waals surface area contributed by atoms with E-state index in [0.29, 0.717) is 24.6 Å². The molecule has 1 aromatic rings. The molecule has 1 aromatic heterocycles. The molecule has 1 heterocycles. The predicted octanol–water partition coefficient (Wildman–Crippen LogP) is 0.894. The number of aryl methyl sites for hydroxylation is 1. The van der Waals surface area contributed by atoms with Gasteiger partial charge in [0.2, 0.25) is 5.91 Å². The van der Waals surface area contributed by atoms with Crippen molar-refractivity contribution < 1.29 is 4.79 Å². The van der Waals surface area contributed by atoms with E-state index in [1.165, 1.54) is 0 Å². The van der Waals surface area contributed by atoms with E-state index in [9.17, 15) is 4.79 Å². The van der Waals surface area contributed by atoms with Crippen molar-refractivity contribution in [1.29, 1.82) is 0 Å². The standard InChI is InChI=1S/C11H19N5O/c1-3-5-13-10-7-11(16-8(2)15-10)14-6-4-9(12)17/h7H,3-6H2,1-2H3,(H2,12,17)(H2,13,14,15,16). The van der Waals surface area contributed by atoms with E-state index in [0.717, 1.165) is 18.8 Å². The molecule has 0 aliphatic rings. The molecule has 0 atom stereocenters. The number of amides is 1.